The number of aryl methyl sites for hydroxylation is 1. The topological polar surface area (TPSA) is 114 Å². The zero-order valence-electron chi connectivity index (χ0n) is 15.6. The lowest BCUT2D eigenvalue weighted by Crippen LogP contribution is -2.31. The summed E-state index contributed by atoms with van der Waals surface area (Å²) in [5.74, 6) is 1.02. The summed E-state index contributed by atoms with van der Waals surface area (Å²) in [6, 6.07) is 5.37. The third kappa shape index (κ3) is 4.06. The van der Waals surface area contributed by atoms with Crippen molar-refractivity contribution in [3.05, 3.63) is 35.1 Å². The second-order valence-corrected chi connectivity index (χ2v) is 6.90. The predicted octanol–water partition coefficient (Wildman–Crippen LogP) is 2.78. The minimum Gasteiger partial charge on any atom is -0.397 e. The smallest absolute Gasteiger partial charge is 0.227 e. The number of aliphatic hydroxyl groups is 1. The van der Waals surface area contributed by atoms with Gasteiger partial charge in [0.2, 0.25) is 5.95 Å². The van der Waals surface area contributed by atoms with E-state index >= 15 is 0 Å². The standard InChI is InChI=1S/C18H24ClN7O/c1-4-13(10(2)27)23-18-24-16(15-17(25-18)26(3)9-22-15)21-8-11-6-5-7-12(19)14(11)20/h5-7,9-10,13,27H,4,8,20H2,1-3H3,(H2,21,23,24,25). The van der Waals surface area contributed by atoms with Gasteiger partial charge in [-0.1, -0.05) is 30.7 Å². The number of benzene rings is 1. The number of hydrogen-bond acceptors (Lipinski definition) is 7. The lowest BCUT2D eigenvalue weighted by Gasteiger charge is -2.20. The molecule has 0 aliphatic carbocycles. The minimum atomic E-state index is -0.525. The van der Waals surface area contributed by atoms with E-state index in [-0.39, 0.29) is 6.04 Å². The van der Waals surface area contributed by atoms with Crippen LogP contribution in [0, 0.1) is 0 Å². The van der Waals surface area contributed by atoms with Crippen molar-refractivity contribution < 1.29 is 5.11 Å². The molecule has 9 heteroatoms. The summed E-state index contributed by atoms with van der Waals surface area (Å²) in [4.78, 5) is 13.5. The van der Waals surface area contributed by atoms with E-state index in [9.17, 15) is 5.11 Å². The van der Waals surface area contributed by atoms with Gasteiger partial charge in [-0.25, -0.2) is 4.98 Å². The number of nitrogens with one attached hydrogen (secondary N) is 2. The Balaban J connectivity index is 1.92. The molecular weight excluding hydrogens is 366 g/mol. The highest BCUT2D eigenvalue weighted by Gasteiger charge is 2.17. The van der Waals surface area contributed by atoms with Crippen LogP contribution >= 0.6 is 11.6 Å². The van der Waals surface area contributed by atoms with Gasteiger partial charge in [0.1, 0.15) is 0 Å². The average Bonchev–Trinajstić information content (AvgIpc) is 3.01. The second-order valence-electron chi connectivity index (χ2n) is 6.49. The van der Waals surface area contributed by atoms with Gasteiger partial charge in [0, 0.05) is 13.6 Å². The van der Waals surface area contributed by atoms with Gasteiger partial charge < -0.3 is 26.0 Å². The van der Waals surface area contributed by atoms with E-state index in [2.05, 4.69) is 25.6 Å². The maximum atomic E-state index is 9.90. The van der Waals surface area contributed by atoms with Gasteiger partial charge in [0.15, 0.2) is 17.0 Å². The van der Waals surface area contributed by atoms with Crippen molar-refractivity contribution in [3.8, 4) is 0 Å². The summed E-state index contributed by atoms with van der Waals surface area (Å²) in [5.41, 5.74) is 8.81. The molecule has 2 heterocycles. The van der Waals surface area contributed by atoms with Crippen molar-refractivity contribution in [3.63, 3.8) is 0 Å². The molecule has 2 atom stereocenters. The first-order valence-corrected chi connectivity index (χ1v) is 9.18. The van der Waals surface area contributed by atoms with E-state index in [1.165, 1.54) is 0 Å². The largest absolute Gasteiger partial charge is 0.397 e. The Hall–Kier alpha value is -2.58. The first-order valence-electron chi connectivity index (χ1n) is 8.81. The summed E-state index contributed by atoms with van der Waals surface area (Å²) in [5, 5.41) is 16.9. The van der Waals surface area contributed by atoms with Crippen LogP contribution in [0.4, 0.5) is 17.5 Å². The first-order chi connectivity index (χ1) is 12.9. The Morgan fingerprint density at radius 1 is 1.33 bits per heavy atom. The van der Waals surface area contributed by atoms with Crippen molar-refractivity contribution in [1.82, 2.24) is 19.5 Å². The lowest BCUT2D eigenvalue weighted by atomic mass is 10.1. The number of aliphatic hydroxyl groups excluding tert-OH is 1. The number of imidazole rings is 1. The van der Waals surface area contributed by atoms with Gasteiger partial charge in [-0.2, -0.15) is 9.97 Å². The van der Waals surface area contributed by atoms with E-state index in [4.69, 9.17) is 17.3 Å². The van der Waals surface area contributed by atoms with E-state index in [0.29, 0.717) is 40.2 Å². The Labute approximate surface area is 162 Å². The van der Waals surface area contributed by atoms with Crippen molar-refractivity contribution in [2.75, 3.05) is 16.4 Å². The fraction of sp³-hybridized carbons (Fsp3) is 0.389. The third-order valence-electron chi connectivity index (χ3n) is 4.49. The molecule has 0 bridgehead atoms. The SMILES string of the molecule is CCC(Nc1nc(NCc2cccc(Cl)c2N)c2ncn(C)c2n1)C(C)O. The normalized spacial score (nSPS) is 13.5. The molecule has 27 heavy (non-hydrogen) atoms. The molecule has 1 aromatic carbocycles. The van der Waals surface area contributed by atoms with Gasteiger partial charge in [0.05, 0.1) is 29.2 Å². The number of hydrogen-bond donors (Lipinski definition) is 4. The molecule has 5 N–H and O–H groups in total. The van der Waals surface area contributed by atoms with Crippen molar-refractivity contribution in [2.45, 2.75) is 39.0 Å². The zero-order valence-corrected chi connectivity index (χ0v) is 16.3. The van der Waals surface area contributed by atoms with Gasteiger partial charge in [0.25, 0.3) is 0 Å². The fourth-order valence-corrected chi connectivity index (χ4v) is 3.03. The number of nitrogens with two attached hydrogens (primary N) is 1. The summed E-state index contributed by atoms with van der Waals surface area (Å²) in [6.45, 7) is 4.18. The average molecular weight is 390 g/mol. The van der Waals surface area contributed by atoms with Crippen LogP contribution in [0.3, 0.4) is 0 Å². The van der Waals surface area contributed by atoms with Crippen LogP contribution in [0.2, 0.25) is 5.02 Å². The highest BCUT2D eigenvalue weighted by atomic mass is 35.5. The number of nitrogens with zero attached hydrogens (tertiary/aromatic N) is 4. The molecule has 3 aromatic rings. The number of halogens is 1. The van der Waals surface area contributed by atoms with Crippen LogP contribution in [0.15, 0.2) is 24.5 Å². The molecule has 0 amide bonds. The maximum Gasteiger partial charge on any atom is 0.227 e. The maximum absolute atomic E-state index is 9.90. The summed E-state index contributed by atoms with van der Waals surface area (Å²) < 4.78 is 1.82. The van der Waals surface area contributed by atoms with Crippen molar-refractivity contribution in [2.24, 2.45) is 7.05 Å². The Kier molecular flexibility index (Phi) is 5.67. The lowest BCUT2D eigenvalue weighted by molar-refractivity contribution is 0.169. The van der Waals surface area contributed by atoms with Crippen LogP contribution < -0.4 is 16.4 Å². The van der Waals surface area contributed by atoms with Crippen LogP contribution in [-0.4, -0.2) is 36.8 Å². The number of rotatable bonds is 7. The van der Waals surface area contributed by atoms with Crippen molar-refractivity contribution >= 4 is 40.2 Å². The molecule has 0 fully saturated rings. The van der Waals surface area contributed by atoms with E-state index in [1.54, 1.807) is 19.3 Å². The molecular formula is C18H24ClN7O. The molecule has 144 valence electrons. The minimum absolute atomic E-state index is 0.146. The highest BCUT2D eigenvalue weighted by molar-refractivity contribution is 6.33. The molecule has 3 rings (SSSR count). The number of nitrogen functional groups attached to an aromatic ring is 1. The monoisotopic (exact) mass is 389 g/mol. The molecule has 2 unspecified atom stereocenters. The molecule has 0 saturated carbocycles. The molecule has 2 aromatic heterocycles. The quantitative estimate of drug-likeness (QED) is 0.459. The van der Waals surface area contributed by atoms with Crippen LogP contribution in [-0.2, 0) is 13.6 Å². The zero-order chi connectivity index (χ0) is 19.6. The Morgan fingerprint density at radius 2 is 2.11 bits per heavy atom. The number of anilines is 3. The van der Waals surface area contributed by atoms with Gasteiger partial charge >= 0.3 is 0 Å². The number of para-hydroxylation sites is 1. The van der Waals surface area contributed by atoms with Gasteiger partial charge in [-0.05, 0) is 25.0 Å². The molecule has 0 radical (unpaired) electrons. The highest BCUT2D eigenvalue weighted by Crippen LogP contribution is 2.25. The van der Waals surface area contributed by atoms with Crippen LogP contribution in [0.1, 0.15) is 25.8 Å². The summed E-state index contributed by atoms with van der Waals surface area (Å²) >= 11 is 6.09. The Morgan fingerprint density at radius 3 is 2.81 bits per heavy atom. The second kappa shape index (κ2) is 7.98. The third-order valence-corrected chi connectivity index (χ3v) is 4.82. The molecule has 0 spiro atoms. The number of fused-ring (bicyclic) bond motifs is 1. The molecule has 0 aliphatic rings. The molecule has 0 aliphatic heterocycles. The number of aromatic nitrogens is 4. The van der Waals surface area contributed by atoms with E-state index in [0.717, 1.165) is 12.0 Å². The predicted molar refractivity (Wildman–Crippen MR) is 109 cm³/mol. The summed E-state index contributed by atoms with van der Waals surface area (Å²) in [6.07, 6.45) is 1.91. The molecule has 8 nitrogen and oxygen atoms in total. The van der Waals surface area contributed by atoms with Gasteiger partial charge in [-0.15, -0.1) is 0 Å². The van der Waals surface area contributed by atoms with Crippen LogP contribution in [0.25, 0.3) is 11.2 Å². The Bertz CT molecular complexity index is 941. The summed E-state index contributed by atoms with van der Waals surface area (Å²) in [7, 11) is 1.87. The fourth-order valence-electron chi connectivity index (χ4n) is 2.84. The van der Waals surface area contributed by atoms with Crippen LogP contribution in [0.5, 0.6) is 0 Å². The van der Waals surface area contributed by atoms with Crippen molar-refractivity contribution in [1.29, 1.82) is 0 Å². The molecule has 0 saturated heterocycles. The first kappa shape index (κ1) is 19.2. The van der Waals surface area contributed by atoms with Gasteiger partial charge in [-0.3, -0.25) is 0 Å². The van der Waals surface area contributed by atoms with E-state index in [1.807, 2.05) is 30.7 Å². The van der Waals surface area contributed by atoms with E-state index < -0.39 is 6.10 Å².